The second kappa shape index (κ2) is 5.31. The smallest absolute Gasteiger partial charge is 0.245 e. The van der Waals surface area contributed by atoms with E-state index >= 15 is 0 Å². The zero-order valence-electron chi connectivity index (χ0n) is 12.5. The summed E-state index contributed by atoms with van der Waals surface area (Å²) in [5.41, 5.74) is 1.80. The van der Waals surface area contributed by atoms with Crippen LogP contribution in [0.4, 0.5) is 5.69 Å². The fourth-order valence-electron chi connectivity index (χ4n) is 3.23. The molecule has 5 heteroatoms. The minimum atomic E-state index is -0.424. The van der Waals surface area contributed by atoms with Gasteiger partial charge < -0.3 is 20.1 Å². The molecule has 114 valence electrons. The van der Waals surface area contributed by atoms with Crippen molar-refractivity contribution in [1.29, 1.82) is 0 Å². The Hall–Kier alpha value is -1.59. The lowest BCUT2D eigenvalue weighted by Gasteiger charge is -2.43. The van der Waals surface area contributed by atoms with Crippen LogP contribution in [-0.4, -0.2) is 53.4 Å². The lowest BCUT2D eigenvalue weighted by atomic mass is 10.0. The van der Waals surface area contributed by atoms with Crippen molar-refractivity contribution < 1.29 is 14.6 Å². The number of morpholine rings is 1. The molecule has 1 saturated heterocycles. The first kappa shape index (κ1) is 14.4. The van der Waals surface area contributed by atoms with Crippen molar-refractivity contribution in [3.63, 3.8) is 0 Å². The molecule has 1 amide bonds. The molecule has 0 aliphatic carbocycles. The van der Waals surface area contributed by atoms with Gasteiger partial charge in [0.25, 0.3) is 0 Å². The average molecular weight is 290 g/mol. The summed E-state index contributed by atoms with van der Waals surface area (Å²) in [6, 6.07) is 7.80. The summed E-state index contributed by atoms with van der Waals surface area (Å²) in [6.07, 6.45) is 0.415. The number of carbonyl (C=O) groups is 1. The number of hydrogen-bond acceptors (Lipinski definition) is 4. The highest BCUT2D eigenvalue weighted by atomic mass is 16.5. The van der Waals surface area contributed by atoms with Gasteiger partial charge in [-0.2, -0.15) is 0 Å². The maximum atomic E-state index is 12.7. The number of benzene rings is 1. The van der Waals surface area contributed by atoms with E-state index in [1.807, 2.05) is 36.9 Å². The van der Waals surface area contributed by atoms with Gasteiger partial charge in [0.05, 0.1) is 18.3 Å². The molecule has 21 heavy (non-hydrogen) atoms. The Bertz CT molecular complexity index is 519. The van der Waals surface area contributed by atoms with Gasteiger partial charge in [0.2, 0.25) is 5.91 Å². The maximum absolute atomic E-state index is 12.7. The van der Waals surface area contributed by atoms with Crippen LogP contribution in [0.1, 0.15) is 19.4 Å². The molecule has 5 nitrogen and oxygen atoms in total. The molecule has 1 fully saturated rings. The predicted octanol–water partition coefficient (Wildman–Crippen LogP) is 1.02. The molecule has 2 aliphatic heterocycles. The molecule has 1 aromatic rings. The van der Waals surface area contributed by atoms with E-state index in [-0.39, 0.29) is 24.7 Å². The van der Waals surface area contributed by atoms with Crippen LogP contribution in [0.15, 0.2) is 24.3 Å². The number of nitrogens with zero attached hydrogens (tertiary/aromatic N) is 1. The third kappa shape index (κ3) is 2.89. The number of rotatable bonds is 2. The minimum absolute atomic E-state index is 0.0640. The van der Waals surface area contributed by atoms with Crippen molar-refractivity contribution in [2.75, 3.05) is 25.0 Å². The Kier molecular flexibility index (Phi) is 3.63. The van der Waals surface area contributed by atoms with Crippen molar-refractivity contribution in [1.82, 2.24) is 4.90 Å². The molecule has 0 bridgehead atoms. The fourth-order valence-corrected chi connectivity index (χ4v) is 3.23. The summed E-state index contributed by atoms with van der Waals surface area (Å²) in [7, 11) is 0. The number of nitrogens with one attached hydrogen (secondary N) is 1. The van der Waals surface area contributed by atoms with Gasteiger partial charge in [-0.25, -0.2) is 0 Å². The second-order valence-corrected chi connectivity index (χ2v) is 6.46. The highest BCUT2D eigenvalue weighted by molar-refractivity contribution is 5.87. The van der Waals surface area contributed by atoms with Gasteiger partial charge in [-0.15, -0.1) is 0 Å². The normalized spacial score (nSPS) is 27.1. The SMILES string of the molecule is CC1(C)CN(C(=O)C2Cc3ccccc3N2)CC(CO)O1. The second-order valence-electron chi connectivity index (χ2n) is 6.46. The molecule has 3 rings (SSSR count). The Balaban J connectivity index is 1.71. The molecule has 2 atom stereocenters. The molecule has 2 aliphatic rings. The van der Waals surface area contributed by atoms with E-state index in [1.165, 1.54) is 5.56 Å². The Morgan fingerprint density at radius 2 is 2.24 bits per heavy atom. The van der Waals surface area contributed by atoms with Crippen molar-refractivity contribution in [3.05, 3.63) is 29.8 Å². The van der Waals surface area contributed by atoms with E-state index in [4.69, 9.17) is 4.74 Å². The molecule has 2 unspecified atom stereocenters. The zero-order valence-corrected chi connectivity index (χ0v) is 12.5. The van der Waals surface area contributed by atoms with E-state index in [0.29, 0.717) is 13.1 Å². The number of aliphatic hydroxyl groups is 1. The van der Waals surface area contributed by atoms with Crippen LogP contribution >= 0.6 is 0 Å². The van der Waals surface area contributed by atoms with Gasteiger partial charge >= 0.3 is 0 Å². The van der Waals surface area contributed by atoms with E-state index < -0.39 is 5.60 Å². The van der Waals surface area contributed by atoms with E-state index in [1.54, 1.807) is 0 Å². The van der Waals surface area contributed by atoms with Gasteiger partial charge in [0.15, 0.2) is 0 Å². The number of aliphatic hydroxyl groups excluding tert-OH is 1. The first-order valence-electron chi connectivity index (χ1n) is 7.40. The van der Waals surface area contributed by atoms with Gasteiger partial charge in [0.1, 0.15) is 6.04 Å². The van der Waals surface area contributed by atoms with Gasteiger partial charge in [-0.1, -0.05) is 18.2 Å². The Morgan fingerprint density at radius 1 is 1.48 bits per heavy atom. The molecular weight excluding hydrogens is 268 g/mol. The van der Waals surface area contributed by atoms with Crippen LogP contribution in [0.3, 0.4) is 0 Å². The zero-order chi connectivity index (χ0) is 15.0. The predicted molar refractivity (Wildman–Crippen MR) is 80.2 cm³/mol. The molecule has 0 radical (unpaired) electrons. The third-order valence-electron chi connectivity index (χ3n) is 4.07. The first-order valence-corrected chi connectivity index (χ1v) is 7.40. The van der Waals surface area contributed by atoms with Crippen LogP contribution in [0.5, 0.6) is 0 Å². The van der Waals surface area contributed by atoms with Crippen molar-refractivity contribution in [2.24, 2.45) is 0 Å². The summed E-state index contributed by atoms with van der Waals surface area (Å²) in [6.45, 7) is 4.84. The number of carbonyl (C=O) groups excluding carboxylic acids is 1. The third-order valence-corrected chi connectivity index (χ3v) is 4.07. The van der Waals surface area contributed by atoms with Crippen molar-refractivity contribution in [3.8, 4) is 0 Å². The van der Waals surface area contributed by atoms with Crippen LogP contribution in [0.25, 0.3) is 0 Å². The standard InChI is InChI=1S/C16H22N2O3/c1-16(2)10-18(8-12(9-19)21-16)15(20)14-7-11-5-3-4-6-13(11)17-14/h3-6,12,14,17,19H,7-10H2,1-2H3. The quantitative estimate of drug-likeness (QED) is 0.854. The molecule has 0 saturated carbocycles. The van der Waals surface area contributed by atoms with E-state index in [9.17, 15) is 9.90 Å². The molecule has 0 spiro atoms. The minimum Gasteiger partial charge on any atom is -0.394 e. The Labute approximate surface area is 124 Å². The summed E-state index contributed by atoms with van der Waals surface area (Å²) < 4.78 is 5.76. The van der Waals surface area contributed by atoms with E-state index in [2.05, 4.69) is 11.4 Å². The largest absolute Gasteiger partial charge is 0.394 e. The number of amides is 1. The number of anilines is 1. The first-order chi connectivity index (χ1) is 9.98. The summed E-state index contributed by atoms with van der Waals surface area (Å²) >= 11 is 0. The lowest BCUT2D eigenvalue weighted by Crippen LogP contribution is -2.58. The molecule has 0 aromatic heterocycles. The number of hydrogen-bond donors (Lipinski definition) is 2. The van der Waals surface area contributed by atoms with Gasteiger partial charge in [-0.3, -0.25) is 4.79 Å². The van der Waals surface area contributed by atoms with Crippen molar-refractivity contribution in [2.45, 2.75) is 38.0 Å². The molecule has 2 heterocycles. The fraction of sp³-hybridized carbons (Fsp3) is 0.562. The monoisotopic (exact) mass is 290 g/mol. The Morgan fingerprint density at radius 3 is 2.95 bits per heavy atom. The molecular formula is C16H22N2O3. The number of ether oxygens (including phenoxy) is 1. The molecule has 1 aromatic carbocycles. The van der Waals surface area contributed by atoms with Crippen LogP contribution in [0, 0.1) is 0 Å². The van der Waals surface area contributed by atoms with E-state index in [0.717, 1.165) is 12.1 Å². The lowest BCUT2D eigenvalue weighted by molar-refractivity contribution is -0.167. The molecule has 2 N–H and O–H groups in total. The van der Waals surface area contributed by atoms with Crippen LogP contribution < -0.4 is 5.32 Å². The maximum Gasteiger partial charge on any atom is 0.245 e. The number of para-hydroxylation sites is 1. The summed E-state index contributed by atoms with van der Waals surface area (Å²) in [5, 5.41) is 12.6. The van der Waals surface area contributed by atoms with Gasteiger partial charge in [-0.05, 0) is 25.5 Å². The summed E-state index contributed by atoms with van der Waals surface area (Å²) in [5.74, 6) is 0.0843. The highest BCUT2D eigenvalue weighted by Gasteiger charge is 2.38. The van der Waals surface area contributed by atoms with Gasteiger partial charge in [0, 0.05) is 25.2 Å². The highest BCUT2D eigenvalue weighted by Crippen LogP contribution is 2.28. The van der Waals surface area contributed by atoms with Crippen LogP contribution in [-0.2, 0) is 16.0 Å². The van der Waals surface area contributed by atoms with Crippen molar-refractivity contribution >= 4 is 11.6 Å². The average Bonchev–Trinajstić information content (AvgIpc) is 2.88. The number of fused-ring (bicyclic) bond motifs is 1. The summed E-state index contributed by atoms with van der Waals surface area (Å²) in [4.78, 5) is 14.6. The topological polar surface area (TPSA) is 61.8 Å². The van der Waals surface area contributed by atoms with Crippen LogP contribution in [0.2, 0.25) is 0 Å².